The quantitative estimate of drug-likeness (QED) is 0.288. The molecule has 0 aromatic rings. The van der Waals surface area contributed by atoms with Gasteiger partial charge in [0.05, 0.1) is 19.8 Å². The molecule has 4 saturated carbocycles. The second-order valence-electron chi connectivity index (χ2n) is 15.3. The minimum atomic E-state index is -1.60. The smallest absolute Gasteiger partial charge is 0.350 e. The van der Waals surface area contributed by atoms with Crippen molar-refractivity contribution < 1.29 is 43.6 Å². The molecule has 0 saturated heterocycles. The van der Waals surface area contributed by atoms with Gasteiger partial charge in [0.25, 0.3) is 0 Å². The maximum atomic E-state index is 12.2. The van der Waals surface area contributed by atoms with Crippen LogP contribution in [-0.2, 0) is 33.4 Å². The van der Waals surface area contributed by atoms with Crippen molar-refractivity contribution in [2.45, 2.75) is 105 Å². The van der Waals surface area contributed by atoms with Gasteiger partial charge in [-0.3, -0.25) is 14.5 Å². The van der Waals surface area contributed by atoms with E-state index in [2.05, 4.69) is 25.5 Å². The number of carboxylic acid groups (broad SMARTS) is 1. The van der Waals surface area contributed by atoms with Gasteiger partial charge in [-0.2, -0.15) is 0 Å². The Hall–Kier alpha value is -2.04. The summed E-state index contributed by atoms with van der Waals surface area (Å²) >= 11 is 0. The Balaban J connectivity index is 0.000000246. The van der Waals surface area contributed by atoms with Crippen molar-refractivity contribution in [1.82, 2.24) is 4.90 Å². The molecule has 2 N–H and O–H groups in total. The number of aliphatic hydroxyl groups is 1. The van der Waals surface area contributed by atoms with Gasteiger partial charge >= 0.3 is 17.9 Å². The maximum Gasteiger partial charge on any atom is 0.350 e. The molecule has 0 spiro atoms. The zero-order chi connectivity index (χ0) is 33.6. The zero-order valence-corrected chi connectivity index (χ0v) is 28.8. The van der Waals surface area contributed by atoms with Gasteiger partial charge < -0.3 is 24.4 Å². The number of hydrogen-bond donors (Lipinski definition) is 2. The lowest BCUT2D eigenvalue weighted by Crippen LogP contribution is -2.53. The Kier molecular flexibility index (Phi) is 13.1. The lowest BCUT2D eigenvalue weighted by Gasteiger charge is -2.61. The molecule has 8 unspecified atom stereocenters. The van der Waals surface area contributed by atoms with Gasteiger partial charge in [-0.1, -0.05) is 27.2 Å². The topological polar surface area (TPSA) is 140 Å². The number of nitrogens with zero attached hydrogens (tertiary/aromatic N) is 1. The SMILES string of the molecule is CC(=O)C1CCC2C3CCC4CC(C)CCC4(C)C3CCC12C.COCCN(CCO)CC(=O)OC(C)(C)C(=O)OCC(=O)O. The predicted molar refractivity (Wildman–Crippen MR) is 169 cm³/mol. The number of carboxylic acids is 1. The number of esters is 2. The highest BCUT2D eigenvalue weighted by atomic mass is 16.6. The third-order valence-electron chi connectivity index (χ3n) is 12.0. The number of Topliss-reactive ketones (excluding diaryl/α,β-unsaturated/α-hetero) is 1. The fraction of sp³-hybridized carbons (Fsp3) is 0.886. The van der Waals surface area contributed by atoms with Crippen molar-refractivity contribution in [2.75, 3.05) is 46.6 Å². The first-order chi connectivity index (χ1) is 21.1. The molecule has 10 nitrogen and oxygen atoms in total. The van der Waals surface area contributed by atoms with Crippen LogP contribution in [-0.4, -0.2) is 91.0 Å². The summed E-state index contributed by atoms with van der Waals surface area (Å²) in [5.74, 6) is 2.55. The number of methoxy groups -OCH3 is 1. The highest BCUT2D eigenvalue weighted by Gasteiger charge is 2.60. The van der Waals surface area contributed by atoms with Crippen molar-refractivity contribution in [3.05, 3.63) is 0 Å². The van der Waals surface area contributed by atoms with Crippen molar-refractivity contribution in [2.24, 2.45) is 46.3 Å². The second-order valence-corrected chi connectivity index (χ2v) is 15.3. The molecule has 10 heteroatoms. The molecule has 8 atom stereocenters. The Morgan fingerprint density at radius 3 is 2.22 bits per heavy atom. The Bertz CT molecular complexity index is 1050. The van der Waals surface area contributed by atoms with Crippen LogP contribution >= 0.6 is 0 Å². The standard InChI is InChI=1S/C22H36O.C13H23NO8/c1-14-9-11-21(3)16(13-14)5-6-17-19-8-7-18(15(2)23)22(19,4)12-10-20(17)21;1-13(2,12(19)21-9-10(16)17)22-11(18)8-14(4-6-15)5-7-20-3/h14,16-20H,5-13H2,1-4H3;15H,4-9H2,1-3H3,(H,16,17). The third kappa shape index (κ3) is 8.86. The summed E-state index contributed by atoms with van der Waals surface area (Å²) in [6, 6.07) is 0. The fourth-order valence-electron chi connectivity index (χ4n) is 9.61. The van der Waals surface area contributed by atoms with E-state index in [0.717, 1.165) is 29.6 Å². The van der Waals surface area contributed by atoms with E-state index in [1.54, 1.807) is 4.90 Å². The predicted octanol–water partition coefficient (Wildman–Crippen LogP) is 4.75. The van der Waals surface area contributed by atoms with Crippen LogP contribution in [0.5, 0.6) is 0 Å². The number of hydrogen-bond acceptors (Lipinski definition) is 9. The zero-order valence-electron chi connectivity index (χ0n) is 28.8. The van der Waals surface area contributed by atoms with Crippen molar-refractivity contribution in [3.8, 4) is 0 Å². The van der Waals surface area contributed by atoms with Gasteiger partial charge in [0.1, 0.15) is 5.78 Å². The number of carbonyl (C=O) groups is 4. The van der Waals surface area contributed by atoms with Gasteiger partial charge in [-0.25, -0.2) is 9.59 Å². The van der Waals surface area contributed by atoms with Crippen LogP contribution in [0.3, 0.4) is 0 Å². The number of ketones is 1. The van der Waals surface area contributed by atoms with Crippen LogP contribution < -0.4 is 0 Å². The molecular weight excluding hydrogens is 578 g/mol. The van der Waals surface area contributed by atoms with Crippen LogP contribution in [0.1, 0.15) is 99.3 Å². The highest BCUT2D eigenvalue weighted by molar-refractivity contribution is 5.84. The normalized spacial score (nSPS) is 34.0. The summed E-state index contributed by atoms with van der Waals surface area (Å²) in [7, 11) is 1.51. The largest absolute Gasteiger partial charge is 0.479 e. The molecule has 0 aliphatic heterocycles. The number of fused-ring (bicyclic) bond motifs is 5. The molecule has 0 aromatic heterocycles. The Labute approximate surface area is 269 Å². The molecule has 0 heterocycles. The molecular formula is C35H59NO9. The molecule has 0 aromatic carbocycles. The van der Waals surface area contributed by atoms with Gasteiger partial charge in [-0.15, -0.1) is 0 Å². The lowest BCUT2D eigenvalue weighted by molar-refractivity contribution is -0.181. The summed E-state index contributed by atoms with van der Waals surface area (Å²) < 4.78 is 14.4. The van der Waals surface area contributed by atoms with Crippen molar-refractivity contribution >= 4 is 23.7 Å². The van der Waals surface area contributed by atoms with E-state index >= 15 is 0 Å². The minimum Gasteiger partial charge on any atom is -0.479 e. The first-order valence-electron chi connectivity index (χ1n) is 17.0. The Morgan fingerprint density at radius 2 is 1.60 bits per heavy atom. The van der Waals surface area contributed by atoms with Crippen LogP contribution in [0.4, 0.5) is 0 Å². The summed E-state index contributed by atoms with van der Waals surface area (Å²) in [5.41, 5.74) is -0.651. The molecule has 0 radical (unpaired) electrons. The monoisotopic (exact) mass is 637 g/mol. The molecule has 0 amide bonds. The van der Waals surface area contributed by atoms with Crippen LogP contribution in [0.2, 0.25) is 0 Å². The van der Waals surface area contributed by atoms with Gasteiger partial charge in [0, 0.05) is 26.1 Å². The Morgan fingerprint density at radius 1 is 0.933 bits per heavy atom. The van der Waals surface area contributed by atoms with E-state index in [0.29, 0.717) is 35.7 Å². The van der Waals surface area contributed by atoms with E-state index in [-0.39, 0.29) is 19.7 Å². The maximum absolute atomic E-state index is 12.2. The van der Waals surface area contributed by atoms with Crippen LogP contribution in [0.25, 0.3) is 0 Å². The summed E-state index contributed by atoms with van der Waals surface area (Å²) in [4.78, 5) is 47.6. The second kappa shape index (κ2) is 15.7. The van der Waals surface area contributed by atoms with Crippen molar-refractivity contribution in [3.63, 3.8) is 0 Å². The number of aliphatic carboxylic acids is 1. The van der Waals surface area contributed by atoms with Gasteiger partial charge in [0.2, 0.25) is 5.60 Å². The van der Waals surface area contributed by atoms with E-state index in [9.17, 15) is 19.2 Å². The van der Waals surface area contributed by atoms with Crippen LogP contribution in [0, 0.1) is 46.3 Å². The molecule has 258 valence electrons. The molecule has 4 aliphatic carbocycles. The first-order valence-corrected chi connectivity index (χ1v) is 17.0. The summed E-state index contributed by atoms with van der Waals surface area (Å²) in [5, 5.41) is 17.4. The van der Waals surface area contributed by atoms with E-state index in [1.807, 2.05) is 6.92 Å². The van der Waals surface area contributed by atoms with Crippen molar-refractivity contribution in [1.29, 1.82) is 0 Å². The molecule has 45 heavy (non-hydrogen) atoms. The number of aliphatic hydroxyl groups excluding tert-OH is 1. The minimum absolute atomic E-state index is 0.138. The fourth-order valence-corrected chi connectivity index (χ4v) is 9.61. The highest BCUT2D eigenvalue weighted by Crippen LogP contribution is 2.67. The van der Waals surface area contributed by atoms with Gasteiger partial charge in [-0.05, 0) is 113 Å². The summed E-state index contributed by atoms with van der Waals surface area (Å²) in [6.07, 6.45) is 12.6. The number of carbonyl (C=O) groups excluding carboxylic acids is 3. The summed E-state index contributed by atoms with van der Waals surface area (Å²) in [6.45, 7) is 12.0. The molecule has 4 fully saturated rings. The van der Waals surface area contributed by atoms with Crippen LogP contribution in [0.15, 0.2) is 0 Å². The molecule has 4 rings (SSSR count). The molecule has 4 aliphatic rings. The van der Waals surface area contributed by atoms with E-state index in [1.165, 1.54) is 78.7 Å². The average molecular weight is 638 g/mol. The van der Waals surface area contributed by atoms with E-state index in [4.69, 9.17) is 19.7 Å². The number of ether oxygens (including phenoxy) is 3. The first kappa shape index (κ1) is 37.4. The van der Waals surface area contributed by atoms with E-state index < -0.39 is 30.1 Å². The molecule has 0 bridgehead atoms. The lowest BCUT2D eigenvalue weighted by atomic mass is 9.44. The number of rotatable bonds is 12. The third-order valence-corrected chi connectivity index (χ3v) is 12.0. The average Bonchev–Trinajstić information content (AvgIpc) is 3.32. The van der Waals surface area contributed by atoms with Gasteiger partial charge in [0.15, 0.2) is 6.61 Å².